The maximum Gasteiger partial charge on any atom is 0.251 e. The molecule has 20 heavy (non-hydrogen) atoms. The van der Waals surface area contributed by atoms with Gasteiger partial charge in [-0.2, -0.15) is 5.10 Å². The fraction of sp³-hybridized carbons (Fsp3) is 0.308. The lowest BCUT2D eigenvalue weighted by Crippen LogP contribution is -2.24. The van der Waals surface area contributed by atoms with Crippen molar-refractivity contribution < 1.29 is 4.79 Å². The predicted octanol–water partition coefficient (Wildman–Crippen LogP) is 1.83. The zero-order valence-electron chi connectivity index (χ0n) is 11.4. The molecule has 6 nitrogen and oxygen atoms in total. The molecule has 2 aromatic heterocycles. The Kier molecular flexibility index (Phi) is 4.57. The van der Waals surface area contributed by atoms with E-state index in [1.165, 1.54) is 0 Å². The summed E-state index contributed by atoms with van der Waals surface area (Å²) >= 11 is 5.91. The van der Waals surface area contributed by atoms with E-state index in [0.717, 1.165) is 5.69 Å². The zero-order chi connectivity index (χ0) is 14.5. The van der Waals surface area contributed by atoms with E-state index in [2.05, 4.69) is 20.7 Å². The third-order valence-electron chi connectivity index (χ3n) is 2.77. The van der Waals surface area contributed by atoms with E-state index >= 15 is 0 Å². The molecule has 2 heterocycles. The largest absolute Gasteiger partial charge is 0.370 e. The van der Waals surface area contributed by atoms with Gasteiger partial charge in [-0.3, -0.25) is 9.48 Å². The average molecular weight is 294 g/mol. The molecule has 2 rings (SSSR count). The number of hydrogen-bond donors (Lipinski definition) is 2. The van der Waals surface area contributed by atoms with Crippen molar-refractivity contribution in [2.24, 2.45) is 7.05 Å². The molecule has 0 fully saturated rings. The molecule has 7 heteroatoms. The predicted molar refractivity (Wildman–Crippen MR) is 77.8 cm³/mol. The van der Waals surface area contributed by atoms with Crippen LogP contribution in [-0.2, 0) is 13.6 Å². The Hall–Kier alpha value is -2.08. The van der Waals surface area contributed by atoms with Gasteiger partial charge < -0.3 is 10.6 Å². The van der Waals surface area contributed by atoms with Gasteiger partial charge in [-0.25, -0.2) is 4.98 Å². The fourth-order valence-corrected chi connectivity index (χ4v) is 1.96. The molecule has 0 bridgehead atoms. The number of amides is 1. The van der Waals surface area contributed by atoms with Crippen LogP contribution in [0, 0.1) is 0 Å². The van der Waals surface area contributed by atoms with Gasteiger partial charge in [-0.1, -0.05) is 11.6 Å². The lowest BCUT2D eigenvalue weighted by atomic mass is 10.2. The minimum Gasteiger partial charge on any atom is -0.370 e. The summed E-state index contributed by atoms with van der Waals surface area (Å²) in [7, 11) is 1.83. The molecule has 0 unspecified atom stereocenters. The number of carbonyl (C=O) groups is 1. The SMILES string of the molecule is CCNc1cc(C(=O)NCc2ccnn2C)cc(Cl)n1. The van der Waals surface area contributed by atoms with Crippen molar-refractivity contribution in [2.45, 2.75) is 13.5 Å². The molecule has 0 saturated heterocycles. The molecule has 0 aliphatic rings. The number of nitrogens with zero attached hydrogens (tertiary/aromatic N) is 3. The molecular weight excluding hydrogens is 278 g/mol. The van der Waals surface area contributed by atoms with Crippen LogP contribution in [-0.4, -0.2) is 27.2 Å². The summed E-state index contributed by atoms with van der Waals surface area (Å²) in [5, 5.41) is 10.2. The topological polar surface area (TPSA) is 71.8 Å². The van der Waals surface area contributed by atoms with E-state index in [1.54, 1.807) is 23.0 Å². The summed E-state index contributed by atoms with van der Waals surface area (Å²) < 4.78 is 1.71. The highest BCUT2D eigenvalue weighted by molar-refractivity contribution is 6.29. The van der Waals surface area contributed by atoms with Crippen molar-refractivity contribution in [3.63, 3.8) is 0 Å². The van der Waals surface area contributed by atoms with Crippen LogP contribution >= 0.6 is 11.6 Å². The summed E-state index contributed by atoms with van der Waals surface area (Å²) in [6.07, 6.45) is 1.69. The first-order valence-corrected chi connectivity index (χ1v) is 6.64. The van der Waals surface area contributed by atoms with E-state index in [0.29, 0.717) is 24.5 Å². The molecule has 1 amide bonds. The van der Waals surface area contributed by atoms with E-state index in [4.69, 9.17) is 11.6 Å². The molecule has 0 aliphatic heterocycles. The van der Waals surface area contributed by atoms with Crippen molar-refractivity contribution in [3.8, 4) is 0 Å². The Morgan fingerprint density at radius 1 is 1.45 bits per heavy atom. The van der Waals surface area contributed by atoms with Gasteiger partial charge in [0.1, 0.15) is 11.0 Å². The zero-order valence-corrected chi connectivity index (χ0v) is 12.1. The lowest BCUT2D eigenvalue weighted by Gasteiger charge is -2.08. The van der Waals surface area contributed by atoms with Crippen molar-refractivity contribution in [2.75, 3.05) is 11.9 Å². The Morgan fingerprint density at radius 2 is 2.25 bits per heavy atom. The molecule has 0 spiro atoms. The van der Waals surface area contributed by atoms with E-state index in [9.17, 15) is 4.79 Å². The van der Waals surface area contributed by atoms with Crippen molar-refractivity contribution in [1.82, 2.24) is 20.1 Å². The average Bonchev–Trinajstić information content (AvgIpc) is 2.81. The van der Waals surface area contributed by atoms with Crippen LogP contribution in [0.4, 0.5) is 5.82 Å². The summed E-state index contributed by atoms with van der Waals surface area (Å²) in [5.41, 5.74) is 1.40. The first-order valence-electron chi connectivity index (χ1n) is 6.26. The normalized spacial score (nSPS) is 10.3. The quantitative estimate of drug-likeness (QED) is 0.825. The maximum absolute atomic E-state index is 12.1. The standard InChI is InChI=1S/C13H16ClN5O/c1-3-15-12-7-9(6-11(14)18-12)13(20)16-8-10-4-5-17-19(10)2/h4-7H,3,8H2,1-2H3,(H,15,18)(H,16,20). The number of anilines is 1. The first kappa shape index (κ1) is 14.3. The van der Waals surface area contributed by atoms with Crippen LogP contribution < -0.4 is 10.6 Å². The third kappa shape index (κ3) is 3.48. The fourth-order valence-electron chi connectivity index (χ4n) is 1.75. The van der Waals surface area contributed by atoms with Gasteiger partial charge in [0.15, 0.2) is 0 Å². The number of rotatable bonds is 5. The van der Waals surface area contributed by atoms with Gasteiger partial charge in [-0.15, -0.1) is 0 Å². The molecule has 2 N–H and O–H groups in total. The minimum atomic E-state index is -0.199. The number of aromatic nitrogens is 3. The van der Waals surface area contributed by atoms with Crippen LogP contribution in [0.3, 0.4) is 0 Å². The van der Waals surface area contributed by atoms with Crippen LogP contribution in [0.15, 0.2) is 24.4 Å². The van der Waals surface area contributed by atoms with Crippen molar-refractivity contribution in [1.29, 1.82) is 0 Å². The Labute approximate surface area is 122 Å². The number of hydrogen-bond acceptors (Lipinski definition) is 4. The van der Waals surface area contributed by atoms with Crippen LogP contribution in [0.2, 0.25) is 5.15 Å². The number of nitrogens with one attached hydrogen (secondary N) is 2. The number of halogens is 1. The third-order valence-corrected chi connectivity index (χ3v) is 2.96. The van der Waals surface area contributed by atoms with Crippen molar-refractivity contribution >= 4 is 23.3 Å². The molecule has 106 valence electrons. The van der Waals surface area contributed by atoms with Gasteiger partial charge >= 0.3 is 0 Å². The Balaban J connectivity index is 2.07. The second-order valence-corrected chi connectivity index (χ2v) is 4.61. The van der Waals surface area contributed by atoms with Gasteiger partial charge in [-0.05, 0) is 25.1 Å². The molecule has 0 aromatic carbocycles. The van der Waals surface area contributed by atoms with Gasteiger partial charge in [0.05, 0.1) is 12.2 Å². The Morgan fingerprint density at radius 3 is 2.90 bits per heavy atom. The van der Waals surface area contributed by atoms with E-state index in [-0.39, 0.29) is 11.1 Å². The smallest absolute Gasteiger partial charge is 0.251 e. The van der Waals surface area contributed by atoms with Crippen LogP contribution in [0.25, 0.3) is 0 Å². The van der Waals surface area contributed by atoms with E-state index < -0.39 is 0 Å². The minimum absolute atomic E-state index is 0.199. The summed E-state index contributed by atoms with van der Waals surface area (Å²) in [6, 6.07) is 5.07. The summed E-state index contributed by atoms with van der Waals surface area (Å²) in [4.78, 5) is 16.2. The number of carbonyl (C=O) groups excluding carboxylic acids is 1. The monoisotopic (exact) mass is 293 g/mol. The highest BCUT2D eigenvalue weighted by atomic mass is 35.5. The van der Waals surface area contributed by atoms with Gasteiger partial charge in [0.2, 0.25) is 0 Å². The number of pyridine rings is 1. The maximum atomic E-state index is 12.1. The highest BCUT2D eigenvalue weighted by Gasteiger charge is 2.09. The van der Waals surface area contributed by atoms with Crippen LogP contribution in [0.1, 0.15) is 23.0 Å². The lowest BCUT2D eigenvalue weighted by molar-refractivity contribution is 0.0950. The summed E-state index contributed by atoms with van der Waals surface area (Å²) in [6.45, 7) is 3.07. The highest BCUT2D eigenvalue weighted by Crippen LogP contribution is 2.14. The molecule has 0 radical (unpaired) electrons. The van der Waals surface area contributed by atoms with Gasteiger partial charge in [0.25, 0.3) is 5.91 Å². The van der Waals surface area contributed by atoms with Crippen molar-refractivity contribution in [3.05, 3.63) is 40.8 Å². The second kappa shape index (κ2) is 6.38. The molecule has 2 aromatic rings. The molecule has 0 aliphatic carbocycles. The number of aryl methyl sites for hydroxylation is 1. The first-order chi connectivity index (χ1) is 9.60. The van der Waals surface area contributed by atoms with Gasteiger partial charge in [0, 0.05) is 25.4 Å². The molecule has 0 saturated carbocycles. The molecule has 0 atom stereocenters. The van der Waals surface area contributed by atoms with Crippen LogP contribution in [0.5, 0.6) is 0 Å². The Bertz CT molecular complexity index is 611. The molecular formula is C13H16ClN5O. The second-order valence-electron chi connectivity index (χ2n) is 4.22. The summed E-state index contributed by atoms with van der Waals surface area (Å²) in [5.74, 6) is 0.389. The van der Waals surface area contributed by atoms with E-state index in [1.807, 2.05) is 20.0 Å².